The van der Waals surface area contributed by atoms with E-state index in [2.05, 4.69) is 21.5 Å². The molecule has 4 nitrogen and oxygen atoms in total. The molecule has 0 bridgehead atoms. The summed E-state index contributed by atoms with van der Waals surface area (Å²) in [4.78, 5) is 6.60. The van der Waals surface area contributed by atoms with E-state index in [-0.39, 0.29) is 6.04 Å². The van der Waals surface area contributed by atoms with Crippen molar-refractivity contribution in [3.63, 3.8) is 0 Å². The molecule has 1 aromatic rings. The second-order valence-corrected chi connectivity index (χ2v) is 4.54. The lowest BCUT2D eigenvalue weighted by molar-refractivity contribution is 0.279. The minimum atomic E-state index is 0.0687. The van der Waals surface area contributed by atoms with Gasteiger partial charge in [0.15, 0.2) is 0 Å². The molecule has 0 amide bonds. The second-order valence-electron chi connectivity index (χ2n) is 4.54. The Morgan fingerprint density at radius 1 is 1.67 bits per heavy atom. The van der Waals surface area contributed by atoms with Gasteiger partial charge in [-0.25, -0.2) is 4.98 Å². The number of aromatic nitrogens is 2. The Bertz CT molecular complexity index is 318. The minimum absolute atomic E-state index is 0.0687. The third-order valence-corrected chi connectivity index (χ3v) is 3.29. The van der Waals surface area contributed by atoms with Gasteiger partial charge in [-0.2, -0.15) is 0 Å². The van der Waals surface area contributed by atoms with Crippen LogP contribution in [0.25, 0.3) is 0 Å². The fourth-order valence-corrected chi connectivity index (χ4v) is 2.30. The highest BCUT2D eigenvalue weighted by Gasteiger charge is 2.22. The molecular formula is C11H20N4. The molecule has 1 aliphatic heterocycles. The van der Waals surface area contributed by atoms with Crippen LogP contribution in [-0.4, -0.2) is 34.1 Å². The molecule has 1 aromatic heterocycles. The normalized spacial score (nSPS) is 24.6. The van der Waals surface area contributed by atoms with Crippen LogP contribution in [0.4, 0.5) is 0 Å². The zero-order valence-corrected chi connectivity index (χ0v) is 9.56. The standard InChI is InChI=1S/C11H20N4/c1-9(12)11-6-13-8-15(11)7-10-4-3-5-14(10)2/h6,8-10H,3-5,7,12H2,1-2H3. The maximum absolute atomic E-state index is 5.89. The lowest BCUT2D eigenvalue weighted by Gasteiger charge is -2.21. The molecule has 2 atom stereocenters. The van der Waals surface area contributed by atoms with E-state index >= 15 is 0 Å². The van der Waals surface area contributed by atoms with Crippen LogP contribution in [0.15, 0.2) is 12.5 Å². The Morgan fingerprint density at radius 3 is 3.07 bits per heavy atom. The fourth-order valence-electron chi connectivity index (χ4n) is 2.30. The second kappa shape index (κ2) is 4.33. The summed E-state index contributed by atoms with van der Waals surface area (Å²) in [7, 11) is 2.19. The monoisotopic (exact) mass is 208 g/mol. The van der Waals surface area contributed by atoms with E-state index in [0.717, 1.165) is 12.2 Å². The van der Waals surface area contributed by atoms with Crippen molar-refractivity contribution < 1.29 is 0 Å². The topological polar surface area (TPSA) is 47.1 Å². The van der Waals surface area contributed by atoms with Gasteiger partial charge in [-0.05, 0) is 33.4 Å². The molecule has 1 saturated heterocycles. The van der Waals surface area contributed by atoms with Gasteiger partial charge in [0.25, 0.3) is 0 Å². The van der Waals surface area contributed by atoms with Crippen molar-refractivity contribution in [2.24, 2.45) is 5.73 Å². The predicted octanol–water partition coefficient (Wildman–Crippen LogP) is 0.997. The maximum atomic E-state index is 5.89. The van der Waals surface area contributed by atoms with Crippen LogP contribution in [0.3, 0.4) is 0 Å². The van der Waals surface area contributed by atoms with E-state index in [0.29, 0.717) is 6.04 Å². The van der Waals surface area contributed by atoms with Crippen molar-refractivity contribution in [1.82, 2.24) is 14.5 Å². The Kier molecular flexibility index (Phi) is 3.07. The molecular weight excluding hydrogens is 188 g/mol. The molecule has 2 rings (SSSR count). The number of nitrogens with two attached hydrogens (primary N) is 1. The molecule has 4 heteroatoms. The van der Waals surface area contributed by atoms with Crippen molar-refractivity contribution in [2.75, 3.05) is 13.6 Å². The molecule has 1 fully saturated rings. The van der Waals surface area contributed by atoms with Crippen molar-refractivity contribution >= 4 is 0 Å². The highest BCUT2D eigenvalue weighted by Crippen LogP contribution is 2.18. The van der Waals surface area contributed by atoms with Gasteiger partial charge in [0.1, 0.15) is 0 Å². The minimum Gasteiger partial charge on any atom is -0.332 e. The third-order valence-electron chi connectivity index (χ3n) is 3.29. The van der Waals surface area contributed by atoms with Crippen molar-refractivity contribution in [3.8, 4) is 0 Å². The summed E-state index contributed by atoms with van der Waals surface area (Å²) in [6.45, 7) is 4.24. The molecule has 1 aliphatic rings. The number of likely N-dealkylation sites (N-methyl/N-ethyl adjacent to an activating group) is 1. The van der Waals surface area contributed by atoms with E-state index < -0.39 is 0 Å². The third kappa shape index (κ3) is 2.21. The van der Waals surface area contributed by atoms with E-state index in [4.69, 9.17) is 5.73 Å². The number of nitrogens with zero attached hydrogens (tertiary/aromatic N) is 3. The SMILES string of the molecule is CC(N)c1cncn1CC1CCCN1C. The Labute approximate surface area is 91.1 Å². The molecule has 2 unspecified atom stereocenters. The number of hydrogen-bond acceptors (Lipinski definition) is 3. The summed E-state index contributed by atoms with van der Waals surface area (Å²) in [5, 5.41) is 0. The Morgan fingerprint density at radius 2 is 2.47 bits per heavy atom. The van der Waals surface area contributed by atoms with E-state index in [9.17, 15) is 0 Å². The van der Waals surface area contributed by atoms with Gasteiger partial charge in [-0.3, -0.25) is 0 Å². The van der Waals surface area contributed by atoms with Crippen LogP contribution < -0.4 is 5.73 Å². The summed E-state index contributed by atoms with van der Waals surface area (Å²) >= 11 is 0. The first kappa shape index (κ1) is 10.6. The molecule has 84 valence electrons. The van der Waals surface area contributed by atoms with Crippen molar-refractivity contribution in [1.29, 1.82) is 0 Å². The Balaban J connectivity index is 2.06. The zero-order valence-electron chi connectivity index (χ0n) is 9.56. The molecule has 2 heterocycles. The lowest BCUT2D eigenvalue weighted by Crippen LogP contribution is -2.30. The first-order valence-corrected chi connectivity index (χ1v) is 5.64. The Hall–Kier alpha value is -0.870. The average Bonchev–Trinajstić information content (AvgIpc) is 2.77. The molecule has 15 heavy (non-hydrogen) atoms. The predicted molar refractivity (Wildman–Crippen MR) is 60.5 cm³/mol. The number of hydrogen-bond donors (Lipinski definition) is 1. The largest absolute Gasteiger partial charge is 0.332 e. The number of likely N-dealkylation sites (tertiary alicyclic amines) is 1. The van der Waals surface area contributed by atoms with Crippen LogP contribution >= 0.6 is 0 Å². The van der Waals surface area contributed by atoms with Gasteiger partial charge in [0, 0.05) is 24.8 Å². The van der Waals surface area contributed by atoms with Gasteiger partial charge < -0.3 is 15.2 Å². The van der Waals surface area contributed by atoms with E-state index in [1.165, 1.54) is 19.4 Å². The smallest absolute Gasteiger partial charge is 0.0949 e. The van der Waals surface area contributed by atoms with Crippen LogP contribution in [0.2, 0.25) is 0 Å². The maximum Gasteiger partial charge on any atom is 0.0949 e. The zero-order chi connectivity index (χ0) is 10.8. The molecule has 0 aromatic carbocycles. The van der Waals surface area contributed by atoms with E-state index in [1.807, 2.05) is 19.4 Å². The molecule has 0 aliphatic carbocycles. The highest BCUT2D eigenvalue weighted by molar-refractivity contribution is 5.03. The summed E-state index contributed by atoms with van der Waals surface area (Å²) < 4.78 is 2.19. The first-order valence-electron chi connectivity index (χ1n) is 5.64. The molecule has 0 saturated carbocycles. The van der Waals surface area contributed by atoms with Crippen molar-refractivity contribution in [3.05, 3.63) is 18.2 Å². The summed E-state index contributed by atoms with van der Waals surface area (Å²) in [5.74, 6) is 0. The first-order chi connectivity index (χ1) is 7.18. The number of imidazole rings is 1. The summed E-state index contributed by atoms with van der Waals surface area (Å²) in [6, 6.07) is 0.718. The van der Waals surface area contributed by atoms with Crippen LogP contribution in [0, 0.1) is 0 Å². The summed E-state index contributed by atoms with van der Waals surface area (Å²) in [5.41, 5.74) is 7.03. The van der Waals surface area contributed by atoms with Gasteiger partial charge in [-0.15, -0.1) is 0 Å². The van der Waals surface area contributed by atoms with Crippen LogP contribution in [0.5, 0.6) is 0 Å². The lowest BCUT2D eigenvalue weighted by atomic mass is 10.2. The van der Waals surface area contributed by atoms with Crippen LogP contribution in [-0.2, 0) is 6.54 Å². The van der Waals surface area contributed by atoms with Gasteiger partial charge in [0.2, 0.25) is 0 Å². The van der Waals surface area contributed by atoms with Crippen molar-refractivity contribution in [2.45, 2.75) is 38.4 Å². The van der Waals surface area contributed by atoms with E-state index in [1.54, 1.807) is 0 Å². The van der Waals surface area contributed by atoms with Gasteiger partial charge in [-0.1, -0.05) is 0 Å². The van der Waals surface area contributed by atoms with Gasteiger partial charge >= 0.3 is 0 Å². The molecule has 2 N–H and O–H groups in total. The fraction of sp³-hybridized carbons (Fsp3) is 0.727. The van der Waals surface area contributed by atoms with Crippen LogP contribution in [0.1, 0.15) is 31.5 Å². The highest BCUT2D eigenvalue weighted by atomic mass is 15.2. The number of rotatable bonds is 3. The summed E-state index contributed by atoms with van der Waals surface area (Å²) in [6.07, 6.45) is 6.36. The molecule has 0 spiro atoms. The quantitative estimate of drug-likeness (QED) is 0.806. The van der Waals surface area contributed by atoms with Gasteiger partial charge in [0.05, 0.1) is 12.0 Å². The average molecular weight is 208 g/mol. The molecule has 0 radical (unpaired) electrons.